The molecule has 1 aromatic rings. The van der Waals surface area contributed by atoms with Crippen molar-refractivity contribution in [1.82, 2.24) is 10.9 Å². The summed E-state index contributed by atoms with van der Waals surface area (Å²) in [7, 11) is -3.78. The van der Waals surface area contributed by atoms with E-state index in [2.05, 4.69) is 15.6 Å². The highest BCUT2D eigenvalue weighted by molar-refractivity contribution is 7.93. The van der Waals surface area contributed by atoms with E-state index >= 15 is 0 Å². The van der Waals surface area contributed by atoms with Crippen LogP contribution in [0.3, 0.4) is 0 Å². The van der Waals surface area contributed by atoms with Gasteiger partial charge in [0.15, 0.2) is 5.37 Å². The first-order chi connectivity index (χ1) is 10.5. The summed E-state index contributed by atoms with van der Waals surface area (Å²) in [4.78, 5) is 11.9. The maximum absolute atomic E-state index is 12.6. The second kappa shape index (κ2) is 7.08. The van der Waals surface area contributed by atoms with Crippen LogP contribution in [0.2, 0.25) is 0 Å². The van der Waals surface area contributed by atoms with Crippen molar-refractivity contribution in [3.8, 4) is 0 Å². The molecule has 0 bridgehead atoms. The maximum atomic E-state index is 12.6. The number of esters is 1. The number of sulfonamides is 1. The molecule has 22 heavy (non-hydrogen) atoms. The number of carbonyl (C=O) groups is 1. The molecular weight excluding hydrogens is 306 g/mol. The molecule has 1 saturated heterocycles. The Kier molecular flexibility index (Phi) is 5.38. The van der Waals surface area contributed by atoms with E-state index in [0.29, 0.717) is 12.1 Å². The molecule has 2 atom stereocenters. The van der Waals surface area contributed by atoms with Gasteiger partial charge in [-0.2, -0.15) is 0 Å². The van der Waals surface area contributed by atoms with Crippen molar-refractivity contribution >= 4 is 21.7 Å². The Morgan fingerprint density at radius 1 is 1.36 bits per heavy atom. The molecule has 122 valence electrons. The molecule has 1 aliphatic heterocycles. The van der Waals surface area contributed by atoms with Gasteiger partial charge in [0.05, 0.1) is 12.3 Å². The van der Waals surface area contributed by atoms with E-state index in [1.165, 1.54) is 0 Å². The minimum absolute atomic E-state index is 0.208. The van der Waals surface area contributed by atoms with Gasteiger partial charge in [0, 0.05) is 6.54 Å². The fourth-order valence-corrected chi connectivity index (χ4v) is 3.88. The third-order valence-electron chi connectivity index (χ3n) is 3.51. The lowest BCUT2D eigenvalue weighted by Crippen LogP contribution is -2.44. The van der Waals surface area contributed by atoms with E-state index in [4.69, 9.17) is 4.74 Å². The maximum Gasteiger partial charge on any atom is 0.313 e. The van der Waals surface area contributed by atoms with E-state index in [-0.39, 0.29) is 13.2 Å². The van der Waals surface area contributed by atoms with Crippen LogP contribution in [-0.4, -0.2) is 32.9 Å². The number of para-hydroxylation sites is 1. The summed E-state index contributed by atoms with van der Waals surface area (Å²) in [5.74, 6) is -1.31. The SMILES string of the molecule is CCOC(=O)C1CNNC1S(=O)(=O)Nc1ccccc1CC. The Bertz CT molecular complexity index is 633. The first kappa shape index (κ1) is 16.7. The zero-order chi connectivity index (χ0) is 16.2. The van der Waals surface area contributed by atoms with Gasteiger partial charge in [-0.25, -0.2) is 13.8 Å². The number of hydrogen-bond donors (Lipinski definition) is 3. The molecule has 1 aromatic carbocycles. The van der Waals surface area contributed by atoms with Gasteiger partial charge in [-0.3, -0.25) is 14.9 Å². The molecule has 0 saturated carbocycles. The summed E-state index contributed by atoms with van der Waals surface area (Å²) in [5, 5.41) is -1.07. The van der Waals surface area contributed by atoms with Crippen LogP contribution in [-0.2, 0) is 26.0 Å². The van der Waals surface area contributed by atoms with Crippen LogP contribution in [0.1, 0.15) is 19.4 Å². The molecule has 7 nitrogen and oxygen atoms in total. The van der Waals surface area contributed by atoms with Crippen molar-refractivity contribution in [2.45, 2.75) is 25.6 Å². The molecule has 1 aliphatic rings. The molecular formula is C14H21N3O4S. The Labute approximate surface area is 130 Å². The van der Waals surface area contributed by atoms with Gasteiger partial charge in [-0.15, -0.1) is 0 Å². The van der Waals surface area contributed by atoms with Gasteiger partial charge in [0.1, 0.15) is 5.92 Å². The smallest absolute Gasteiger partial charge is 0.313 e. The van der Waals surface area contributed by atoms with Crippen LogP contribution < -0.4 is 15.6 Å². The topological polar surface area (TPSA) is 96.5 Å². The average Bonchev–Trinajstić information content (AvgIpc) is 2.98. The van der Waals surface area contributed by atoms with Gasteiger partial charge < -0.3 is 4.74 Å². The normalized spacial score (nSPS) is 21.5. The number of carbonyl (C=O) groups excluding carboxylic acids is 1. The summed E-state index contributed by atoms with van der Waals surface area (Å²) in [6.07, 6.45) is 0.705. The standard InChI is InChI=1S/C14H21N3O4S/c1-3-10-7-5-6-8-12(10)17-22(19,20)13-11(9-15-16-13)14(18)21-4-2/h5-8,11,13,15-17H,3-4,9H2,1-2H3. The van der Waals surface area contributed by atoms with Crippen molar-refractivity contribution in [3.05, 3.63) is 29.8 Å². The summed E-state index contributed by atoms with van der Waals surface area (Å²) >= 11 is 0. The summed E-state index contributed by atoms with van der Waals surface area (Å²) in [5.41, 5.74) is 6.78. The molecule has 3 N–H and O–H groups in total. The molecule has 1 heterocycles. The zero-order valence-corrected chi connectivity index (χ0v) is 13.4. The molecule has 0 radical (unpaired) electrons. The van der Waals surface area contributed by atoms with Crippen LogP contribution >= 0.6 is 0 Å². The second-order valence-corrected chi connectivity index (χ2v) is 6.76. The molecule has 0 spiro atoms. The monoisotopic (exact) mass is 327 g/mol. The number of anilines is 1. The highest BCUT2D eigenvalue weighted by Gasteiger charge is 2.42. The summed E-state index contributed by atoms with van der Waals surface area (Å²) in [6, 6.07) is 7.19. The Morgan fingerprint density at radius 3 is 2.77 bits per heavy atom. The molecule has 1 fully saturated rings. The molecule has 0 aliphatic carbocycles. The fourth-order valence-electron chi connectivity index (χ4n) is 2.37. The summed E-state index contributed by atoms with van der Waals surface area (Å²) in [6.45, 7) is 4.06. The number of rotatable bonds is 6. The van der Waals surface area contributed by atoms with E-state index in [0.717, 1.165) is 5.56 Å². The van der Waals surface area contributed by atoms with E-state index in [1.807, 2.05) is 19.1 Å². The van der Waals surface area contributed by atoms with Gasteiger partial charge in [-0.1, -0.05) is 25.1 Å². The quantitative estimate of drug-likeness (QED) is 0.662. The molecule has 2 unspecified atom stereocenters. The lowest BCUT2D eigenvalue weighted by atomic mass is 10.1. The van der Waals surface area contributed by atoms with Crippen LogP contribution in [0.4, 0.5) is 5.69 Å². The Hall–Kier alpha value is -1.64. The van der Waals surface area contributed by atoms with Gasteiger partial charge >= 0.3 is 5.97 Å². The number of nitrogens with one attached hydrogen (secondary N) is 3. The van der Waals surface area contributed by atoms with Crippen LogP contribution in [0, 0.1) is 5.92 Å². The average molecular weight is 327 g/mol. The molecule has 8 heteroatoms. The van der Waals surface area contributed by atoms with E-state index in [9.17, 15) is 13.2 Å². The molecule has 0 amide bonds. The van der Waals surface area contributed by atoms with E-state index < -0.39 is 27.3 Å². The summed E-state index contributed by atoms with van der Waals surface area (Å²) < 4.78 is 32.6. The largest absolute Gasteiger partial charge is 0.466 e. The lowest BCUT2D eigenvalue weighted by molar-refractivity contribution is -0.147. The minimum Gasteiger partial charge on any atom is -0.466 e. The third kappa shape index (κ3) is 3.57. The van der Waals surface area contributed by atoms with E-state index in [1.54, 1.807) is 19.1 Å². The molecule has 0 aromatic heterocycles. The van der Waals surface area contributed by atoms with Crippen molar-refractivity contribution < 1.29 is 17.9 Å². The number of hydrazine groups is 1. The van der Waals surface area contributed by atoms with Crippen molar-refractivity contribution in [2.24, 2.45) is 5.92 Å². The Balaban J connectivity index is 2.20. The fraction of sp³-hybridized carbons (Fsp3) is 0.500. The number of hydrogen-bond acceptors (Lipinski definition) is 6. The van der Waals surface area contributed by atoms with Gasteiger partial charge in [0.25, 0.3) is 10.0 Å². The highest BCUT2D eigenvalue weighted by Crippen LogP contribution is 2.22. The van der Waals surface area contributed by atoms with Gasteiger partial charge in [-0.05, 0) is 25.0 Å². The zero-order valence-electron chi connectivity index (χ0n) is 12.6. The van der Waals surface area contributed by atoms with Crippen molar-refractivity contribution in [1.29, 1.82) is 0 Å². The number of aryl methyl sites for hydroxylation is 1. The lowest BCUT2D eigenvalue weighted by Gasteiger charge is -2.19. The number of benzene rings is 1. The Morgan fingerprint density at radius 2 is 2.09 bits per heavy atom. The number of ether oxygens (including phenoxy) is 1. The second-order valence-electron chi connectivity index (χ2n) is 4.96. The predicted molar refractivity (Wildman–Crippen MR) is 83.4 cm³/mol. The van der Waals surface area contributed by atoms with Crippen LogP contribution in [0.5, 0.6) is 0 Å². The highest BCUT2D eigenvalue weighted by atomic mass is 32.2. The van der Waals surface area contributed by atoms with Crippen LogP contribution in [0.25, 0.3) is 0 Å². The predicted octanol–water partition coefficient (Wildman–Crippen LogP) is 0.604. The van der Waals surface area contributed by atoms with Crippen molar-refractivity contribution in [2.75, 3.05) is 17.9 Å². The molecule has 2 rings (SSSR count). The third-order valence-corrected chi connectivity index (χ3v) is 5.13. The first-order valence-electron chi connectivity index (χ1n) is 7.24. The van der Waals surface area contributed by atoms with Crippen molar-refractivity contribution in [3.63, 3.8) is 0 Å². The van der Waals surface area contributed by atoms with Gasteiger partial charge in [0.2, 0.25) is 0 Å². The van der Waals surface area contributed by atoms with Crippen LogP contribution in [0.15, 0.2) is 24.3 Å². The first-order valence-corrected chi connectivity index (χ1v) is 8.78. The minimum atomic E-state index is -3.78.